The summed E-state index contributed by atoms with van der Waals surface area (Å²) in [6.07, 6.45) is 0. The van der Waals surface area contributed by atoms with Crippen LogP contribution in [0.1, 0.15) is 23.6 Å². The third-order valence-corrected chi connectivity index (χ3v) is 5.98. The first-order chi connectivity index (χ1) is 12.7. The fourth-order valence-electron chi connectivity index (χ4n) is 2.47. The first-order valence-electron chi connectivity index (χ1n) is 8.27. The molecule has 0 bridgehead atoms. The minimum atomic E-state index is 0.0384. The van der Waals surface area contributed by atoms with Crippen molar-refractivity contribution < 1.29 is 4.42 Å². The molecule has 0 aliphatic heterocycles. The van der Waals surface area contributed by atoms with E-state index in [1.54, 1.807) is 23.1 Å². The SMILES string of the molecule is Cc1ccc(-c2nnc(C(C)Sc3nc(-c4ccccc4)cs3)o2)cc1. The van der Waals surface area contributed by atoms with E-state index >= 15 is 0 Å². The van der Waals surface area contributed by atoms with Gasteiger partial charge in [0, 0.05) is 16.5 Å². The Morgan fingerprint density at radius 2 is 1.73 bits per heavy atom. The van der Waals surface area contributed by atoms with Gasteiger partial charge >= 0.3 is 0 Å². The normalized spacial score (nSPS) is 12.2. The van der Waals surface area contributed by atoms with Crippen molar-refractivity contribution in [1.82, 2.24) is 15.2 Å². The Bertz CT molecular complexity index is 993. The van der Waals surface area contributed by atoms with E-state index in [-0.39, 0.29) is 5.25 Å². The lowest BCUT2D eigenvalue weighted by molar-refractivity contribution is 0.509. The van der Waals surface area contributed by atoms with E-state index in [1.165, 1.54) is 5.56 Å². The first-order valence-corrected chi connectivity index (χ1v) is 10.0. The molecule has 1 atom stereocenters. The number of rotatable bonds is 5. The molecule has 2 aromatic heterocycles. The zero-order valence-electron chi connectivity index (χ0n) is 14.4. The molecule has 2 heterocycles. The van der Waals surface area contributed by atoms with Crippen molar-refractivity contribution in [3.63, 3.8) is 0 Å². The Labute approximate surface area is 160 Å². The van der Waals surface area contributed by atoms with Crippen LogP contribution in [0, 0.1) is 6.92 Å². The molecule has 6 heteroatoms. The number of hydrogen-bond acceptors (Lipinski definition) is 6. The van der Waals surface area contributed by atoms with E-state index in [4.69, 9.17) is 9.40 Å². The summed E-state index contributed by atoms with van der Waals surface area (Å²) in [5.74, 6) is 1.17. The molecule has 1 unspecified atom stereocenters. The highest BCUT2D eigenvalue weighted by atomic mass is 32.2. The van der Waals surface area contributed by atoms with E-state index in [9.17, 15) is 0 Å². The van der Waals surface area contributed by atoms with E-state index < -0.39 is 0 Å². The number of thiazole rings is 1. The van der Waals surface area contributed by atoms with Crippen LogP contribution in [0.4, 0.5) is 0 Å². The Morgan fingerprint density at radius 3 is 2.50 bits per heavy atom. The lowest BCUT2D eigenvalue weighted by atomic mass is 10.1. The van der Waals surface area contributed by atoms with Crippen molar-refractivity contribution in [2.75, 3.05) is 0 Å². The molecule has 0 aliphatic rings. The van der Waals surface area contributed by atoms with Gasteiger partial charge in [-0.25, -0.2) is 4.98 Å². The van der Waals surface area contributed by atoms with E-state index in [1.807, 2.05) is 42.5 Å². The Morgan fingerprint density at radius 1 is 0.962 bits per heavy atom. The smallest absolute Gasteiger partial charge is 0.247 e. The van der Waals surface area contributed by atoms with Crippen molar-refractivity contribution in [2.24, 2.45) is 0 Å². The van der Waals surface area contributed by atoms with Gasteiger partial charge in [-0.2, -0.15) is 0 Å². The fourth-order valence-corrected chi connectivity index (χ4v) is 4.47. The predicted molar refractivity (Wildman–Crippen MR) is 106 cm³/mol. The van der Waals surface area contributed by atoms with Crippen LogP contribution in [0.2, 0.25) is 0 Å². The fraction of sp³-hybridized carbons (Fsp3) is 0.150. The van der Waals surface area contributed by atoms with Crippen molar-refractivity contribution in [1.29, 1.82) is 0 Å². The van der Waals surface area contributed by atoms with Crippen molar-refractivity contribution >= 4 is 23.1 Å². The maximum absolute atomic E-state index is 5.87. The highest BCUT2D eigenvalue weighted by Gasteiger charge is 2.18. The predicted octanol–water partition coefficient (Wildman–Crippen LogP) is 6.02. The summed E-state index contributed by atoms with van der Waals surface area (Å²) in [6, 6.07) is 18.3. The largest absolute Gasteiger partial charge is 0.419 e. The van der Waals surface area contributed by atoms with Gasteiger partial charge in [0.05, 0.1) is 10.9 Å². The number of nitrogens with zero attached hydrogens (tertiary/aromatic N) is 3. The second kappa shape index (κ2) is 7.43. The summed E-state index contributed by atoms with van der Waals surface area (Å²) in [5, 5.41) is 10.5. The molecule has 0 saturated heterocycles. The lowest BCUT2D eigenvalue weighted by Gasteiger charge is -2.03. The van der Waals surface area contributed by atoms with Crippen LogP contribution in [0.25, 0.3) is 22.7 Å². The summed E-state index contributed by atoms with van der Waals surface area (Å²) in [7, 11) is 0. The molecule has 0 aliphatic carbocycles. The molecule has 0 N–H and O–H groups in total. The molecule has 4 nitrogen and oxygen atoms in total. The second-order valence-corrected chi connectivity index (χ2v) is 8.38. The lowest BCUT2D eigenvalue weighted by Crippen LogP contribution is -1.88. The summed E-state index contributed by atoms with van der Waals surface area (Å²) >= 11 is 3.27. The molecule has 2 aromatic carbocycles. The highest BCUT2D eigenvalue weighted by Crippen LogP contribution is 2.38. The first kappa shape index (κ1) is 17.0. The molecule has 0 radical (unpaired) electrons. The monoisotopic (exact) mass is 379 g/mol. The van der Waals surface area contributed by atoms with Crippen molar-refractivity contribution in [2.45, 2.75) is 23.4 Å². The van der Waals surface area contributed by atoms with Gasteiger partial charge in [0.2, 0.25) is 11.8 Å². The van der Waals surface area contributed by atoms with Gasteiger partial charge < -0.3 is 4.42 Å². The molecule has 0 spiro atoms. The van der Waals surface area contributed by atoms with Crippen LogP contribution in [-0.2, 0) is 0 Å². The summed E-state index contributed by atoms with van der Waals surface area (Å²) in [4.78, 5) is 4.71. The van der Waals surface area contributed by atoms with Gasteiger partial charge in [0.1, 0.15) is 0 Å². The Kier molecular flexibility index (Phi) is 4.86. The Balaban J connectivity index is 1.48. The number of thioether (sulfide) groups is 1. The maximum Gasteiger partial charge on any atom is 0.247 e. The zero-order valence-corrected chi connectivity index (χ0v) is 16.1. The van der Waals surface area contributed by atoms with Gasteiger partial charge in [0.25, 0.3) is 0 Å². The van der Waals surface area contributed by atoms with Crippen molar-refractivity contribution in [3.05, 3.63) is 71.4 Å². The standard InChI is InChI=1S/C20H17N3OS2/c1-13-8-10-16(11-9-13)19-23-22-18(24-19)14(2)26-20-21-17(12-25-20)15-6-4-3-5-7-15/h3-12,14H,1-2H3. The summed E-state index contributed by atoms with van der Waals surface area (Å²) < 4.78 is 6.86. The topological polar surface area (TPSA) is 51.8 Å². The van der Waals surface area contributed by atoms with Gasteiger partial charge in [-0.3, -0.25) is 0 Å². The van der Waals surface area contributed by atoms with Gasteiger partial charge in [0.15, 0.2) is 4.34 Å². The molecule has 0 amide bonds. The quantitative estimate of drug-likeness (QED) is 0.397. The van der Waals surface area contributed by atoms with Crippen molar-refractivity contribution in [3.8, 4) is 22.7 Å². The Hall–Kier alpha value is -2.44. The number of aryl methyl sites for hydroxylation is 1. The number of hydrogen-bond donors (Lipinski definition) is 0. The van der Waals surface area contributed by atoms with E-state index in [0.717, 1.165) is 21.2 Å². The van der Waals surface area contributed by atoms with Crippen LogP contribution in [0.5, 0.6) is 0 Å². The molecule has 26 heavy (non-hydrogen) atoms. The zero-order chi connectivity index (χ0) is 17.9. The minimum Gasteiger partial charge on any atom is -0.419 e. The molecule has 0 saturated carbocycles. The van der Waals surface area contributed by atoms with Crippen LogP contribution >= 0.6 is 23.1 Å². The van der Waals surface area contributed by atoms with Crippen LogP contribution in [-0.4, -0.2) is 15.2 Å². The van der Waals surface area contributed by atoms with Crippen LogP contribution < -0.4 is 0 Å². The molecule has 0 fully saturated rings. The second-order valence-electron chi connectivity index (χ2n) is 5.94. The molecule has 4 aromatic rings. The minimum absolute atomic E-state index is 0.0384. The third-order valence-electron chi connectivity index (χ3n) is 3.92. The molecule has 130 valence electrons. The summed E-state index contributed by atoms with van der Waals surface area (Å²) in [6.45, 7) is 4.11. The average molecular weight is 380 g/mol. The molecule has 4 rings (SSSR count). The van der Waals surface area contributed by atoms with E-state index in [2.05, 4.69) is 41.6 Å². The number of aromatic nitrogens is 3. The van der Waals surface area contributed by atoms with Gasteiger partial charge in [-0.15, -0.1) is 21.5 Å². The van der Waals surface area contributed by atoms with Gasteiger partial charge in [-0.05, 0) is 26.0 Å². The number of benzene rings is 2. The van der Waals surface area contributed by atoms with Crippen LogP contribution in [0.15, 0.2) is 68.7 Å². The maximum atomic E-state index is 5.87. The molecular formula is C20H17N3OS2. The van der Waals surface area contributed by atoms with E-state index in [0.29, 0.717) is 11.8 Å². The van der Waals surface area contributed by atoms with Gasteiger partial charge in [-0.1, -0.05) is 59.8 Å². The highest BCUT2D eigenvalue weighted by molar-refractivity contribution is 8.01. The average Bonchev–Trinajstić information content (AvgIpc) is 3.33. The molecular weight excluding hydrogens is 362 g/mol. The van der Waals surface area contributed by atoms with Crippen LogP contribution in [0.3, 0.4) is 0 Å². The summed E-state index contributed by atoms with van der Waals surface area (Å²) in [5.41, 5.74) is 4.27. The third kappa shape index (κ3) is 3.71.